The Hall–Kier alpha value is -1.27. The zero-order valence-electron chi connectivity index (χ0n) is 8.74. The van der Waals surface area contributed by atoms with Gasteiger partial charge in [0, 0.05) is 10.7 Å². The predicted octanol–water partition coefficient (Wildman–Crippen LogP) is 2.23. The maximum Gasteiger partial charge on any atom is 0.257 e. The zero-order valence-corrected chi connectivity index (χ0v) is 10.4. The first kappa shape index (κ1) is 10.9. The fourth-order valence-corrected chi connectivity index (χ4v) is 4.41. The number of sulfone groups is 1. The highest BCUT2D eigenvalue weighted by atomic mass is 32.2. The number of hydrogen-bond donors (Lipinski definition) is 0. The molecule has 0 amide bonds. The lowest BCUT2D eigenvalue weighted by Crippen LogP contribution is -2.06. The molecule has 0 N–H and O–H groups in total. The van der Waals surface area contributed by atoms with Gasteiger partial charge in [-0.1, -0.05) is 30.0 Å². The minimum Gasteiger partial charge on any atom is -0.431 e. The van der Waals surface area contributed by atoms with Crippen LogP contribution in [0.25, 0.3) is 11.1 Å². The first-order valence-electron chi connectivity index (χ1n) is 5.06. The third kappa shape index (κ3) is 2.23. The molecule has 1 aromatic carbocycles. The number of hydrogen-bond acceptors (Lipinski definition) is 5. The van der Waals surface area contributed by atoms with Crippen molar-refractivity contribution >= 4 is 32.7 Å². The molecule has 0 spiro atoms. The van der Waals surface area contributed by atoms with Crippen LogP contribution in [0.15, 0.2) is 45.4 Å². The first-order chi connectivity index (χ1) is 8.12. The van der Waals surface area contributed by atoms with E-state index in [0.29, 0.717) is 5.22 Å². The van der Waals surface area contributed by atoms with Gasteiger partial charge in [-0.15, -0.1) is 0 Å². The Balaban J connectivity index is 1.84. The average molecular weight is 267 g/mol. The van der Waals surface area contributed by atoms with Crippen LogP contribution in [0.3, 0.4) is 0 Å². The summed E-state index contributed by atoms with van der Waals surface area (Å²) >= 11 is 1.34. The molecule has 1 atom stereocenters. The van der Waals surface area contributed by atoms with Gasteiger partial charge in [-0.25, -0.2) is 13.4 Å². The molecule has 0 radical (unpaired) electrons. The van der Waals surface area contributed by atoms with Gasteiger partial charge in [0.1, 0.15) is 5.52 Å². The number of fused-ring (bicyclic) bond motifs is 1. The van der Waals surface area contributed by atoms with Gasteiger partial charge >= 0.3 is 0 Å². The molecule has 88 valence electrons. The van der Waals surface area contributed by atoms with Crippen LogP contribution >= 0.6 is 11.8 Å². The van der Waals surface area contributed by atoms with Crippen molar-refractivity contribution in [3.63, 3.8) is 0 Å². The van der Waals surface area contributed by atoms with Gasteiger partial charge in [0.25, 0.3) is 5.22 Å². The largest absolute Gasteiger partial charge is 0.431 e. The van der Waals surface area contributed by atoms with E-state index in [9.17, 15) is 8.42 Å². The van der Waals surface area contributed by atoms with E-state index in [0.717, 1.165) is 11.1 Å². The van der Waals surface area contributed by atoms with Crippen molar-refractivity contribution in [3.05, 3.63) is 35.7 Å². The Kier molecular flexibility index (Phi) is 2.48. The van der Waals surface area contributed by atoms with E-state index < -0.39 is 9.84 Å². The molecule has 1 aliphatic heterocycles. The van der Waals surface area contributed by atoms with Crippen molar-refractivity contribution in [1.82, 2.24) is 4.98 Å². The number of thioether (sulfide) groups is 1. The topological polar surface area (TPSA) is 60.2 Å². The zero-order chi connectivity index (χ0) is 11.9. The number of nitrogens with zero attached hydrogens (tertiary/aromatic N) is 1. The molecule has 0 saturated carbocycles. The van der Waals surface area contributed by atoms with E-state index in [2.05, 4.69) is 4.98 Å². The lowest BCUT2D eigenvalue weighted by Gasteiger charge is -2.00. The van der Waals surface area contributed by atoms with Gasteiger partial charge < -0.3 is 4.42 Å². The molecular weight excluding hydrogens is 258 g/mol. The van der Waals surface area contributed by atoms with Gasteiger partial charge in [0.2, 0.25) is 0 Å². The van der Waals surface area contributed by atoms with Gasteiger partial charge in [-0.2, -0.15) is 0 Å². The normalized spacial score (nSPS) is 22.2. The smallest absolute Gasteiger partial charge is 0.257 e. The molecule has 0 fully saturated rings. The van der Waals surface area contributed by atoms with Crippen molar-refractivity contribution in [1.29, 1.82) is 0 Å². The Labute approximate surface area is 103 Å². The summed E-state index contributed by atoms with van der Waals surface area (Å²) in [6.07, 6.45) is 1.68. The molecule has 0 aliphatic carbocycles. The lowest BCUT2D eigenvalue weighted by molar-refractivity contribution is 0.489. The second-order valence-electron chi connectivity index (χ2n) is 3.76. The quantitative estimate of drug-likeness (QED) is 0.835. The van der Waals surface area contributed by atoms with Crippen molar-refractivity contribution in [2.45, 2.75) is 10.5 Å². The van der Waals surface area contributed by atoms with Crippen LogP contribution in [-0.2, 0) is 9.84 Å². The van der Waals surface area contributed by atoms with Crippen LogP contribution in [0.1, 0.15) is 0 Å². The number of oxazole rings is 1. The van der Waals surface area contributed by atoms with Gasteiger partial charge in [-0.3, -0.25) is 0 Å². The molecule has 0 unspecified atom stereocenters. The average Bonchev–Trinajstić information content (AvgIpc) is 2.81. The fraction of sp³-hybridized carbons (Fsp3) is 0.182. The highest BCUT2D eigenvalue weighted by Gasteiger charge is 2.24. The number of benzene rings is 1. The molecule has 1 aromatic heterocycles. The molecule has 3 rings (SSSR count). The van der Waals surface area contributed by atoms with Gasteiger partial charge in [0.15, 0.2) is 15.4 Å². The van der Waals surface area contributed by atoms with Crippen molar-refractivity contribution in [2.75, 3.05) is 5.75 Å². The summed E-state index contributed by atoms with van der Waals surface area (Å²) in [7, 11) is -3.02. The van der Waals surface area contributed by atoms with Crippen LogP contribution < -0.4 is 0 Å². The van der Waals surface area contributed by atoms with E-state index in [-0.39, 0.29) is 11.0 Å². The monoisotopic (exact) mass is 267 g/mol. The summed E-state index contributed by atoms with van der Waals surface area (Å²) in [6, 6.07) is 7.47. The fourth-order valence-electron chi connectivity index (χ4n) is 1.65. The second-order valence-corrected chi connectivity index (χ2v) is 6.88. The minimum atomic E-state index is -3.02. The summed E-state index contributed by atoms with van der Waals surface area (Å²) in [4.78, 5) is 4.29. The summed E-state index contributed by atoms with van der Waals surface area (Å²) in [5.41, 5.74) is 1.51. The number of para-hydroxylation sites is 2. The maximum absolute atomic E-state index is 11.3. The molecule has 4 nitrogen and oxygen atoms in total. The highest BCUT2D eigenvalue weighted by Crippen LogP contribution is 2.30. The maximum atomic E-state index is 11.3. The van der Waals surface area contributed by atoms with E-state index >= 15 is 0 Å². The molecule has 17 heavy (non-hydrogen) atoms. The second kappa shape index (κ2) is 3.89. The Morgan fingerprint density at radius 1 is 1.35 bits per heavy atom. The first-order valence-corrected chi connectivity index (χ1v) is 7.65. The van der Waals surface area contributed by atoms with E-state index in [1.807, 2.05) is 24.3 Å². The molecule has 6 heteroatoms. The van der Waals surface area contributed by atoms with Gasteiger partial charge in [-0.05, 0) is 12.1 Å². The molecule has 1 aliphatic rings. The van der Waals surface area contributed by atoms with E-state index in [1.54, 1.807) is 6.08 Å². The third-order valence-electron chi connectivity index (χ3n) is 2.42. The third-order valence-corrected chi connectivity index (χ3v) is 5.03. The standard InChI is InChI=1S/C11H9NO3S2/c13-17(14)6-5-8(7-17)16-11-12-9-3-1-2-4-10(9)15-11/h1-6,8H,7H2/t8-/m0/s1. The molecule has 0 saturated heterocycles. The van der Waals surface area contributed by atoms with Gasteiger partial charge in [0.05, 0.1) is 5.75 Å². The molecule has 2 heterocycles. The van der Waals surface area contributed by atoms with Crippen molar-refractivity contribution in [2.24, 2.45) is 0 Å². The van der Waals surface area contributed by atoms with Crippen LogP contribution in [0.5, 0.6) is 0 Å². The minimum absolute atomic E-state index is 0.104. The summed E-state index contributed by atoms with van der Waals surface area (Å²) in [5.74, 6) is 0.121. The number of rotatable bonds is 2. The Morgan fingerprint density at radius 2 is 2.18 bits per heavy atom. The Morgan fingerprint density at radius 3 is 2.88 bits per heavy atom. The molecular formula is C11H9NO3S2. The Bertz CT molecular complexity index is 655. The molecule has 0 bridgehead atoms. The molecule has 2 aromatic rings. The predicted molar refractivity (Wildman–Crippen MR) is 66.6 cm³/mol. The van der Waals surface area contributed by atoms with E-state index in [1.165, 1.54) is 17.2 Å². The van der Waals surface area contributed by atoms with E-state index in [4.69, 9.17) is 4.42 Å². The van der Waals surface area contributed by atoms with Crippen LogP contribution in [0.2, 0.25) is 0 Å². The van der Waals surface area contributed by atoms with Crippen LogP contribution in [0, 0.1) is 0 Å². The van der Waals surface area contributed by atoms with Crippen molar-refractivity contribution < 1.29 is 12.8 Å². The highest BCUT2D eigenvalue weighted by molar-refractivity contribution is 8.02. The van der Waals surface area contributed by atoms with Crippen LogP contribution in [0.4, 0.5) is 0 Å². The van der Waals surface area contributed by atoms with Crippen LogP contribution in [-0.4, -0.2) is 24.4 Å². The summed E-state index contributed by atoms with van der Waals surface area (Å²) < 4.78 is 28.0. The number of aromatic nitrogens is 1. The summed E-state index contributed by atoms with van der Waals surface area (Å²) in [6.45, 7) is 0. The SMILES string of the molecule is O=S1(=O)C=C[C@H](Sc2nc3ccccc3o2)C1. The summed E-state index contributed by atoms with van der Waals surface area (Å²) in [5, 5.41) is 1.67. The van der Waals surface area contributed by atoms with Crippen molar-refractivity contribution in [3.8, 4) is 0 Å². The lowest BCUT2D eigenvalue weighted by atomic mass is 10.3.